The molecule has 0 unspecified atom stereocenters. The van der Waals surface area contributed by atoms with Gasteiger partial charge in [-0.1, -0.05) is 0 Å². The molecule has 0 aromatic carbocycles. The van der Waals surface area contributed by atoms with Gasteiger partial charge in [0, 0.05) is 12.1 Å². The molecule has 4 nitrogen and oxygen atoms in total. The molecular formula is C14H31NO3. The standard InChI is InChI=1S/C14H31NO3/c1-13(2)18-12-11-17-10-9-16-8-6-7-15-14(3,4)5/h13,15H,6-12H2,1-5H3. The summed E-state index contributed by atoms with van der Waals surface area (Å²) >= 11 is 0. The predicted molar refractivity (Wildman–Crippen MR) is 75.1 cm³/mol. The first-order valence-electron chi connectivity index (χ1n) is 6.94. The van der Waals surface area contributed by atoms with E-state index in [2.05, 4.69) is 26.1 Å². The molecule has 0 aromatic rings. The van der Waals surface area contributed by atoms with E-state index in [-0.39, 0.29) is 11.6 Å². The van der Waals surface area contributed by atoms with E-state index >= 15 is 0 Å². The third kappa shape index (κ3) is 15.8. The lowest BCUT2D eigenvalue weighted by atomic mass is 10.1. The summed E-state index contributed by atoms with van der Waals surface area (Å²) in [4.78, 5) is 0. The van der Waals surface area contributed by atoms with E-state index in [0.717, 1.165) is 19.6 Å². The van der Waals surface area contributed by atoms with E-state index in [1.807, 2.05) is 13.8 Å². The Bertz CT molecular complexity index is 178. The molecular weight excluding hydrogens is 230 g/mol. The second-order valence-electron chi connectivity index (χ2n) is 5.67. The molecule has 0 aliphatic carbocycles. The van der Waals surface area contributed by atoms with Crippen LogP contribution in [-0.2, 0) is 14.2 Å². The molecule has 110 valence electrons. The molecule has 0 saturated carbocycles. The van der Waals surface area contributed by atoms with Gasteiger partial charge in [0.2, 0.25) is 0 Å². The molecule has 0 heterocycles. The van der Waals surface area contributed by atoms with Gasteiger partial charge < -0.3 is 19.5 Å². The number of ether oxygens (including phenoxy) is 3. The zero-order valence-corrected chi connectivity index (χ0v) is 12.8. The quantitative estimate of drug-likeness (QED) is 0.579. The van der Waals surface area contributed by atoms with Crippen LogP contribution in [0, 0.1) is 0 Å². The van der Waals surface area contributed by atoms with Crippen molar-refractivity contribution >= 4 is 0 Å². The summed E-state index contributed by atoms with van der Waals surface area (Å²) in [6.07, 6.45) is 1.31. The third-order valence-electron chi connectivity index (χ3n) is 2.17. The Hall–Kier alpha value is -0.160. The van der Waals surface area contributed by atoms with E-state index in [1.54, 1.807) is 0 Å². The fourth-order valence-electron chi connectivity index (χ4n) is 1.30. The van der Waals surface area contributed by atoms with Crippen molar-refractivity contribution in [3.8, 4) is 0 Å². The molecule has 0 rings (SSSR count). The maximum absolute atomic E-state index is 5.47. The molecule has 0 spiro atoms. The van der Waals surface area contributed by atoms with E-state index < -0.39 is 0 Å². The number of nitrogens with one attached hydrogen (secondary N) is 1. The molecule has 0 bridgehead atoms. The molecule has 0 fully saturated rings. The molecule has 18 heavy (non-hydrogen) atoms. The van der Waals surface area contributed by atoms with E-state index in [1.165, 1.54) is 0 Å². The lowest BCUT2D eigenvalue weighted by molar-refractivity contribution is -0.00173. The lowest BCUT2D eigenvalue weighted by Crippen LogP contribution is -2.36. The van der Waals surface area contributed by atoms with Crippen LogP contribution in [0.15, 0.2) is 0 Å². The van der Waals surface area contributed by atoms with Crippen LogP contribution in [0.1, 0.15) is 41.0 Å². The Morgan fingerprint density at radius 1 is 0.889 bits per heavy atom. The average molecular weight is 261 g/mol. The van der Waals surface area contributed by atoms with Crippen LogP contribution in [0.2, 0.25) is 0 Å². The first-order valence-corrected chi connectivity index (χ1v) is 6.94. The Balaban J connectivity index is 3.04. The van der Waals surface area contributed by atoms with Crippen molar-refractivity contribution in [2.75, 3.05) is 39.6 Å². The molecule has 0 aliphatic heterocycles. The molecule has 1 N–H and O–H groups in total. The lowest BCUT2D eigenvalue weighted by Gasteiger charge is -2.20. The van der Waals surface area contributed by atoms with Crippen molar-refractivity contribution in [3.63, 3.8) is 0 Å². The summed E-state index contributed by atoms with van der Waals surface area (Å²) < 4.78 is 16.2. The van der Waals surface area contributed by atoms with Crippen LogP contribution in [0.4, 0.5) is 0 Å². The van der Waals surface area contributed by atoms with E-state index in [0.29, 0.717) is 26.4 Å². The Morgan fingerprint density at radius 3 is 2.00 bits per heavy atom. The second-order valence-corrected chi connectivity index (χ2v) is 5.67. The highest BCUT2D eigenvalue weighted by Crippen LogP contribution is 1.97. The van der Waals surface area contributed by atoms with Crippen LogP contribution < -0.4 is 5.32 Å². The molecule has 0 atom stereocenters. The fraction of sp³-hybridized carbons (Fsp3) is 1.00. The highest BCUT2D eigenvalue weighted by molar-refractivity contribution is 4.69. The molecule has 0 aromatic heterocycles. The normalized spacial score (nSPS) is 12.3. The van der Waals surface area contributed by atoms with Crippen molar-refractivity contribution < 1.29 is 14.2 Å². The van der Waals surface area contributed by atoms with Crippen LogP contribution in [0.25, 0.3) is 0 Å². The third-order valence-corrected chi connectivity index (χ3v) is 2.17. The van der Waals surface area contributed by atoms with Gasteiger partial charge in [-0.3, -0.25) is 0 Å². The SMILES string of the molecule is CC(C)OCCOCCOCCCNC(C)(C)C. The van der Waals surface area contributed by atoms with Gasteiger partial charge in [0.1, 0.15) is 0 Å². The maximum Gasteiger partial charge on any atom is 0.0703 e. The minimum atomic E-state index is 0.194. The maximum atomic E-state index is 5.47. The van der Waals surface area contributed by atoms with Gasteiger partial charge in [-0.25, -0.2) is 0 Å². The Kier molecular flexibility index (Phi) is 10.6. The van der Waals surface area contributed by atoms with Gasteiger partial charge >= 0.3 is 0 Å². The highest BCUT2D eigenvalue weighted by Gasteiger charge is 2.06. The summed E-state index contributed by atoms with van der Waals surface area (Å²) in [7, 11) is 0. The van der Waals surface area contributed by atoms with Crippen LogP contribution in [0.5, 0.6) is 0 Å². The van der Waals surface area contributed by atoms with Crippen LogP contribution >= 0.6 is 0 Å². The molecule has 0 aliphatic rings. The van der Waals surface area contributed by atoms with Gasteiger partial charge in [0.25, 0.3) is 0 Å². The number of hydrogen-bond acceptors (Lipinski definition) is 4. The summed E-state index contributed by atoms with van der Waals surface area (Å²) in [5.74, 6) is 0. The zero-order chi connectivity index (χ0) is 13.9. The molecule has 4 heteroatoms. The molecule has 0 saturated heterocycles. The van der Waals surface area contributed by atoms with Crippen LogP contribution in [0.3, 0.4) is 0 Å². The molecule has 0 radical (unpaired) electrons. The van der Waals surface area contributed by atoms with Gasteiger partial charge in [-0.15, -0.1) is 0 Å². The number of rotatable bonds is 11. The second kappa shape index (κ2) is 10.7. The average Bonchev–Trinajstić information content (AvgIpc) is 2.24. The van der Waals surface area contributed by atoms with Gasteiger partial charge in [0.15, 0.2) is 0 Å². The summed E-state index contributed by atoms with van der Waals surface area (Å²) in [5.41, 5.74) is 0.194. The highest BCUT2D eigenvalue weighted by atomic mass is 16.5. The summed E-state index contributed by atoms with van der Waals surface area (Å²) in [6, 6.07) is 0. The van der Waals surface area contributed by atoms with E-state index in [4.69, 9.17) is 14.2 Å². The first kappa shape index (κ1) is 17.8. The fourth-order valence-corrected chi connectivity index (χ4v) is 1.30. The van der Waals surface area contributed by atoms with Crippen molar-refractivity contribution in [1.29, 1.82) is 0 Å². The minimum Gasteiger partial charge on any atom is -0.379 e. The van der Waals surface area contributed by atoms with Gasteiger partial charge in [0.05, 0.1) is 32.5 Å². The molecule has 0 amide bonds. The Labute approximate surface area is 112 Å². The van der Waals surface area contributed by atoms with Gasteiger partial charge in [-0.2, -0.15) is 0 Å². The Morgan fingerprint density at radius 2 is 1.44 bits per heavy atom. The van der Waals surface area contributed by atoms with E-state index in [9.17, 15) is 0 Å². The van der Waals surface area contributed by atoms with Gasteiger partial charge in [-0.05, 0) is 47.6 Å². The topological polar surface area (TPSA) is 39.7 Å². The van der Waals surface area contributed by atoms with Crippen molar-refractivity contribution in [2.24, 2.45) is 0 Å². The monoisotopic (exact) mass is 261 g/mol. The smallest absolute Gasteiger partial charge is 0.0703 e. The number of hydrogen-bond donors (Lipinski definition) is 1. The summed E-state index contributed by atoms with van der Waals surface area (Å²) in [5, 5.41) is 3.42. The predicted octanol–water partition coefficient (Wildman–Crippen LogP) is 2.22. The minimum absolute atomic E-state index is 0.194. The summed E-state index contributed by atoms with van der Waals surface area (Å²) in [6.45, 7) is 14.9. The zero-order valence-electron chi connectivity index (χ0n) is 12.8. The first-order chi connectivity index (χ1) is 8.42. The van der Waals surface area contributed by atoms with Crippen molar-refractivity contribution in [3.05, 3.63) is 0 Å². The van der Waals surface area contributed by atoms with Crippen LogP contribution in [-0.4, -0.2) is 51.2 Å². The largest absolute Gasteiger partial charge is 0.379 e. The van der Waals surface area contributed by atoms with Crippen molar-refractivity contribution in [2.45, 2.75) is 52.7 Å². The van der Waals surface area contributed by atoms with Crippen molar-refractivity contribution in [1.82, 2.24) is 5.32 Å².